The first kappa shape index (κ1) is 15.5. The van der Waals surface area contributed by atoms with Crippen LogP contribution in [0.15, 0.2) is 59.5 Å². The van der Waals surface area contributed by atoms with Crippen molar-refractivity contribution in [1.82, 2.24) is 14.9 Å². The molecule has 3 aromatic rings. The van der Waals surface area contributed by atoms with Crippen molar-refractivity contribution in [3.63, 3.8) is 0 Å². The van der Waals surface area contributed by atoms with Crippen molar-refractivity contribution in [2.75, 3.05) is 31.1 Å². The Morgan fingerprint density at radius 1 is 0.917 bits per heavy atom. The zero-order valence-electron chi connectivity index (χ0n) is 13.4. The molecule has 4 nitrogen and oxygen atoms in total. The van der Waals surface area contributed by atoms with Crippen LogP contribution in [-0.4, -0.2) is 41.0 Å². The number of rotatable bonds is 3. The summed E-state index contributed by atoms with van der Waals surface area (Å²) in [6, 6.07) is 12.9. The lowest BCUT2D eigenvalue weighted by Crippen LogP contribution is -2.46. The van der Waals surface area contributed by atoms with Crippen molar-refractivity contribution in [2.45, 2.75) is 6.54 Å². The van der Waals surface area contributed by atoms with Gasteiger partial charge >= 0.3 is 0 Å². The van der Waals surface area contributed by atoms with Crippen LogP contribution >= 0.6 is 15.9 Å². The van der Waals surface area contributed by atoms with Crippen LogP contribution in [0.2, 0.25) is 0 Å². The summed E-state index contributed by atoms with van der Waals surface area (Å²) >= 11 is 3.44. The van der Waals surface area contributed by atoms with E-state index in [-0.39, 0.29) is 0 Å². The molecule has 0 unspecified atom stereocenters. The molecule has 122 valence electrons. The fourth-order valence-electron chi connectivity index (χ4n) is 3.18. The topological polar surface area (TPSA) is 32.3 Å². The number of piperazine rings is 1. The minimum Gasteiger partial charge on any atom is -0.354 e. The van der Waals surface area contributed by atoms with Crippen molar-refractivity contribution in [2.24, 2.45) is 0 Å². The number of hydrogen-bond donors (Lipinski definition) is 0. The van der Waals surface area contributed by atoms with E-state index in [9.17, 15) is 0 Å². The van der Waals surface area contributed by atoms with Crippen LogP contribution in [0.1, 0.15) is 5.56 Å². The maximum atomic E-state index is 4.50. The molecule has 0 radical (unpaired) electrons. The molecule has 24 heavy (non-hydrogen) atoms. The summed E-state index contributed by atoms with van der Waals surface area (Å²) < 4.78 is 1.02. The molecule has 1 saturated heterocycles. The fourth-order valence-corrected chi connectivity index (χ4v) is 3.41. The summed E-state index contributed by atoms with van der Waals surface area (Å²) in [4.78, 5) is 13.5. The number of fused-ring (bicyclic) bond motifs is 1. The molecule has 0 aliphatic carbocycles. The number of hydrogen-bond acceptors (Lipinski definition) is 4. The first-order chi connectivity index (χ1) is 11.8. The number of nitrogens with zero attached hydrogens (tertiary/aromatic N) is 4. The molecule has 1 aliphatic heterocycles. The smallest absolute Gasteiger partial charge is 0.128 e. The van der Waals surface area contributed by atoms with E-state index in [1.54, 1.807) is 0 Å². The Balaban J connectivity index is 1.39. The molecule has 0 bridgehead atoms. The van der Waals surface area contributed by atoms with Gasteiger partial charge in [-0.3, -0.25) is 9.88 Å². The minimum absolute atomic E-state index is 1.000. The van der Waals surface area contributed by atoms with Gasteiger partial charge in [-0.2, -0.15) is 0 Å². The van der Waals surface area contributed by atoms with Crippen molar-refractivity contribution in [1.29, 1.82) is 0 Å². The van der Waals surface area contributed by atoms with Gasteiger partial charge in [0.25, 0.3) is 0 Å². The Labute approximate surface area is 150 Å². The van der Waals surface area contributed by atoms with Crippen molar-refractivity contribution in [3.05, 3.63) is 65.0 Å². The standard InChI is InChI=1S/C19H19BrN4/c20-18-3-4-19(22-13-18)24-9-7-23(8-10-24)14-15-1-2-17-12-21-6-5-16(17)11-15/h1-6,11-13H,7-10,14H2. The zero-order valence-corrected chi connectivity index (χ0v) is 15.0. The molecule has 1 aliphatic rings. The Hall–Kier alpha value is -1.98. The van der Waals surface area contributed by atoms with Gasteiger partial charge in [0, 0.05) is 61.2 Å². The second kappa shape index (κ2) is 6.87. The molecule has 0 atom stereocenters. The first-order valence-corrected chi connectivity index (χ1v) is 8.99. The third-order valence-corrected chi connectivity index (χ3v) is 4.99. The zero-order chi connectivity index (χ0) is 16.4. The van der Waals surface area contributed by atoms with Gasteiger partial charge < -0.3 is 4.90 Å². The Bertz CT molecular complexity index is 826. The average Bonchev–Trinajstić information content (AvgIpc) is 2.63. The quantitative estimate of drug-likeness (QED) is 0.690. The summed E-state index contributed by atoms with van der Waals surface area (Å²) in [6.45, 7) is 5.16. The molecule has 0 amide bonds. The van der Waals surface area contributed by atoms with E-state index in [4.69, 9.17) is 0 Å². The second-order valence-corrected chi connectivity index (χ2v) is 7.07. The van der Waals surface area contributed by atoms with Gasteiger partial charge in [0.2, 0.25) is 0 Å². The summed E-state index contributed by atoms with van der Waals surface area (Å²) in [5.41, 5.74) is 1.36. The number of benzene rings is 1. The van der Waals surface area contributed by atoms with Gasteiger partial charge in [0.1, 0.15) is 5.82 Å². The number of aromatic nitrogens is 2. The summed E-state index contributed by atoms with van der Waals surface area (Å²) in [5, 5.41) is 2.47. The molecule has 1 aromatic carbocycles. The highest BCUT2D eigenvalue weighted by Gasteiger charge is 2.18. The van der Waals surface area contributed by atoms with E-state index in [0.717, 1.165) is 43.0 Å². The van der Waals surface area contributed by atoms with Crippen LogP contribution < -0.4 is 4.90 Å². The number of anilines is 1. The van der Waals surface area contributed by atoms with Crippen LogP contribution in [0, 0.1) is 0 Å². The van der Waals surface area contributed by atoms with Crippen LogP contribution in [0.25, 0.3) is 10.8 Å². The minimum atomic E-state index is 1.000. The largest absolute Gasteiger partial charge is 0.354 e. The highest BCUT2D eigenvalue weighted by molar-refractivity contribution is 9.10. The first-order valence-electron chi connectivity index (χ1n) is 8.19. The Morgan fingerprint density at radius 2 is 1.79 bits per heavy atom. The van der Waals surface area contributed by atoms with E-state index in [1.807, 2.05) is 18.6 Å². The van der Waals surface area contributed by atoms with Gasteiger partial charge in [-0.1, -0.05) is 12.1 Å². The predicted octanol–water partition coefficient (Wildman–Crippen LogP) is 3.71. The SMILES string of the molecule is Brc1ccc(N2CCN(Cc3ccc4cnccc4c3)CC2)nc1. The fraction of sp³-hybridized carbons (Fsp3) is 0.263. The van der Waals surface area contributed by atoms with Gasteiger partial charge in [0.05, 0.1) is 0 Å². The van der Waals surface area contributed by atoms with E-state index in [1.165, 1.54) is 16.3 Å². The van der Waals surface area contributed by atoms with Gasteiger partial charge in [0.15, 0.2) is 0 Å². The number of halogens is 1. The van der Waals surface area contributed by atoms with Crippen LogP contribution in [0.3, 0.4) is 0 Å². The van der Waals surface area contributed by atoms with Crippen LogP contribution in [0.4, 0.5) is 5.82 Å². The highest BCUT2D eigenvalue weighted by Crippen LogP contribution is 2.19. The summed E-state index contributed by atoms with van der Waals surface area (Å²) in [6.07, 6.45) is 5.64. The van der Waals surface area contributed by atoms with Gasteiger partial charge in [-0.15, -0.1) is 0 Å². The number of pyridine rings is 2. The average molecular weight is 383 g/mol. The van der Waals surface area contributed by atoms with Crippen molar-refractivity contribution in [3.8, 4) is 0 Å². The van der Waals surface area contributed by atoms with Crippen LogP contribution in [-0.2, 0) is 6.54 Å². The molecule has 1 fully saturated rings. The predicted molar refractivity (Wildman–Crippen MR) is 101 cm³/mol. The Morgan fingerprint density at radius 3 is 2.58 bits per heavy atom. The molecule has 0 N–H and O–H groups in total. The molecule has 3 heterocycles. The third-order valence-electron chi connectivity index (χ3n) is 4.52. The molecule has 0 saturated carbocycles. The lowest BCUT2D eigenvalue weighted by atomic mass is 10.1. The lowest BCUT2D eigenvalue weighted by Gasteiger charge is -2.35. The highest BCUT2D eigenvalue weighted by atomic mass is 79.9. The van der Waals surface area contributed by atoms with E-state index >= 15 is 0 Å². The van der Waals surface area contributed by atoms with Gasteiger partial charge in [-0.05, 0) is 51.1 Å². The molecule has 0 spiro atoms. The third kappa shape index (κ3) is 3.42. The maximum Gasteiger partial charge on any atom is 0.128 e. The monoisotopic (exact) mass is 382 g/mol. The molecular weight excluding hydrogens is 364 g/mol. The lowest BCUT2D eigenvalue weighted by molar-refractivity contribution is 0.249. The molecule has 2 aromatic heterocycles. The second-order valence-electron chi connectivity index (χ2n) is 6.15. The van der Waals surface area contributed by atoms with Crippen LogP contribution in [0.5, 0.6) is 0 Å². The van der Waals surface area contributed by atoms with Gasteiger partial charge in [-0.25, -0.2) is 4.98 Å². The van der Waals surface area contributed by atoms with Crippen molar-refractivity contribution < 1.29 is 0 Å². The van der Waals surface area contributed by atoms with E-state index < -0.39 is 0 Å². The molecule has 4 rings (SSSR count). The molecule has 5 heteroatoms. The normalized spacial score (nSPS) is 15.8. The maximum absolute atomic E-state index is 4.50. The Kier molecular flexibility index (Phi) is 4.45. The van der Waals surface area contributed by atoms with E-state index in [2.05, 4.69) is 72.1 Å². The van der Waals surface area contributed by atoms with Crippen molar-refractivity contribution >= 4 is 32.5 Å². The summed E-state index contributed by atoms with van der Waals surface area (Å²) in [7, 11) is 0. The van der Waals surface area contributed by atoms with E-state index in [0.29, 0.717) is 0 Å². The molecular formula is C19H19BrN4. The summed E-state index contributed by atoms with van der Waals surface area (Å²) in [5.74, 6) is 1.07.